The van der Waals surface area contributed by atoms with Crippen LogP contribution < -0.4 is 4.72 Å². The molecule has 1 aromatic heterocycles. The molecule has 0 spiro atoms. The van der Waals surface area contributed by atoms with Gasteiger partial charge in [0.05, 0.1) is 21.9 Å². The Balaban J connectivity index is 1.76. The van der Waals surface area contributed by atoms with Crippen LogP contribution in [0.4, 0.5) is 8.78 Å². The first-order valence-corrected chi connectivity index (χ1v) is 8.94. The van der Waals surface area contributed by atoms with E-state index in [1.165, 1.54) is 29.2 Å². The first-order valence-electron chi connectivity index (χ1n) is 7.08. The molecule has 2 aromatic carbocycles. The van der Waals surface area contributed by atoms with Crippen LogP contribution in [0.15, 0.2) is 60.0 Å². The normalized spacial score (nSPS) is 11.6. The molecule has 3 rings (SSSR count). The van der Waals surface area contributed by atoms with Crippen LogP contribution in [0.5, 0.6) is 0 Å². The van der Waals surface area contributed by atoms with Gasteiger partial charge in [-0.05, 0) is 35.9 Å². The minimum absolute atomic E-state index is 0.127. The van der Waals surface area contributed by atoms with Crippen LogP contribution in [0.2, 0.25) is 5.02 Å². The standard InChI is InChI=1S/C16H12ClF2N3O2S/c17-13-8-12(2-3-14(13)18)25(23,24)21-9-11-1-4-16(15(19)7-11)22-6-5-20-10-22/h1-8,10,21H,9H2. The molecule has 0 aliphatic heterocycles. The van der Waals surface area contributed by atoms with Crippen molar-refractivity contribution < 1.29 is 17.2 Å². The highest BCUT2D eigenvalue weighted by molar-refractivity contribution is 7.89. The van der Waals surface area contributed by atoms with E-state index >= 15 is 0 Å². The Hall–Kier alpha value is -2.29. The average Bonchev–Trinajstić information content (AvgIpc) is 3.10. The monoisotopic (exact) mass is 383 g/mol. The zero-order valence-corrected chi connectivity index (χ0v) is 14.2. The van der Waals surface area contributed by atoms with Gasteiger partial charge in [0.2, 0.25) is 10.0 Å². The maximum Gasteiger partial charge on any atom is 0.240 e. The van der Waals surface area contributed by atoms with Crippen molar-refractivity contribution in [1.82, 2.24) is 14.3 Å². The molecule has 0 atom stereocenters. The number of nitrogens with one attached hydrogen (secondary N) is 1. The maximum absolute atomic E-state index is 14.2. The molecule has 3 aromatic rings. The third kappa shape index (κ3) is 3.87. The van der Waals surface area contributed by atoms with Gasteiger partial charge in [0.25, 0.3) is 0 Å². The van der Waals surface area contributed by atoms with E-state index in [-0.39, 0.29) is 16.5 Å². The molecule has 1 N–H and O–H groups in total. The fraction of sp³-hybridized carbons (Fsp3) is 0.0625. The minimum atomic E-state index is -3.90. The lowest BCUT2D eigenvalue weighted by atomic mass is 10.2. The SMILES string of the molecule is O=S(=O)(NCc1ccc(-n2ccnc2)c(F)c1)c1ccc(F)c(Cl)c1. The van der Waals surface area contributed by atoms with E-state index in [9.17, 15) is 17.2 Å². The number of nitrogens with zero attached hydrogens (tertiary/aromatic N) is 2. The van der Waals surface area contributed by atoms with E-state index in [1.54, 1.807) is 12.3 Å². The van der Waals surface area contributed by atoms with Crippen molar-refractivity contribution in [3.05, 3.63) is 77.3 Å². The number of benzene rings is 2. The fourth-order valence-corrected chi connectivity index (χ4v) is 3.47. The topological polar surface area (TPSA) is 64.0 Å². The van der Waals surface area contributed by atoms with Crippen molar-refractivity contribution in [3.8, 4) is 5.69 Å². The molecule has 0 bridgehead atoms. The Morgan fingerprint density at radius 1 is 1.12 bits per heavy atom. The molecule has 0 aliphatic carbocycles. The van der Waals surface area contributed by atoms with Gasteiger partial charge in [0.1, 0.15) is 11.6 Å². The van der Waals surface area contributed by atoms with Gasteiger partial charge < -0.3 is 4.57 Å². The van der Waals surface area contributed by atoms with Crippen LogP contribution in [0.1, 0.15) is 5.56 Å². The number of halogens is 3. The molecule has 0 fully saturated rings. The Morgan fingerprint density at radius 3 is 2.56 bits per heavy atom. The van der Waals surface area contributed by atoms with Gasteiger partial charge in [-0.25, -0.2) is 26.9 Å². The third-order valence-electron chi connectivity index (χ3n) is 3.46. The lowest BCUT2D eigenvalue weighted by molar-refractivity contribution is 0.579. The van der Waals surface area contributed by atoms with Crippen LogP contribution in [0.25, 0.3) is 5.69 Å². The van der Waals surface area contributed by atoms with Gasteiger partial charge in [-0.3, -0.25) is 0 Å². The van der Waals surface area contributed by atoms with Crippen LogP contribution >= 0.6 is 11.6 Å². The van der Waals surface area contributed by atoms with Crippen molar-refractivity contribution in [2.75, 3.05) is 0 Å². The predicted octanol–water partition coefficient (Wildman–Crippen LogP) is 3.28. The second-order valence-corrected chi connectivity index (χ2v) is 7.33. The zero-order valence-electron chi connectivity index (χ0n) is 12.7. The van der Waals surface area contributed by atoms with Gasteiger partial charge in [0.15, 0.2) is 0 Å². The van der Waals surface area contributed by atoms with E-state index in [4.69, 9.17) is 11.6 Å². The van der Waals surface area contributed by atoms with Crippen LogP contribution in [0.3, 0.4) is 0 Å². The zero-order chi connectivity index (χ0) is 18.0. The summed E-state index contributed by atoms with van der Waals surface area (Å²) < 4.78 is 55.6. The minimum Gasteiger partial charge on any atom is -0.303 e. The Bertz CT molecular complexity index is 1010. The van der Waals surface area contributed by atoms with E-state index in [1.807, 2.05) is 0 Å². The fourth-order valence-electron chi connectivity index (χ4n) is 2.18. The van der Waals surface area contributed by atoms with E-state index in [2.05, 4.69) is 9.71 Å². The summed E-state index contributed by atoms with van der Waals surface area (Å²) in [5, 5.41) is -0.293. The summed E-state index contributed by atoms with van der Waals surface area (Å²) >= 11 is 5.60. The number of aromatic nitrogens is 2. The Labute approximate surface area is 147 Å². The summed E-state index contributed by atoms with van der Waals surface area (Å²) in [6.07, 6.45) is 4.58. The van der Waals surface area contributed by atoms with Crippen LogP contribution in [-0.2, 0) is 16.6 Å². The molecular formula is C16H12ClF2N3O2S. The molecule has 130 valence electrons. The average molecular weight is 384 g/mol. The Morgan fingerprint density at radius 2 is 1.92 bits per heavy atom. The summed E-state index contributed by atoms with van der Waals surface area (Å²) in [4.78, 5) is 3.67. The second-order valence-electron chi connectivity index (χ2n) is 5.16. The maximum atomic E-state index is 14.2. The van der Waals surface area contributed by atoms with Crippen molar-refractivity contribution in [1.29, 1.82) is 0 Å². The van der Waals surface area contributed by atoms with Crippen molar-refractivity contribution >= 4 is 21.6 Å². The van der Waals surface area contributed by atoms with Crippen molar-refractivity contribution in [2.24, 2.45) is 0 Å². The van der Waals surface area contributed by atoms with E-state index < -0.39 is 21.7 Å². The predicted molar refractivity (Wildman–Crippen MR) is 89.0 cm³/mol. The van der Waals surface area contributed by atoms with Gasteiger partial charge in [-0.15, -0.1) is 0 Å². The van der Waals surface area contributed by atoms with Crippen molar-refractivity contribution in [3.63, 3.8) is 0 Å². The number of sulfonamides is 1. The van der Waals surface area contributed by atoms with Crippen molar-refractivity contribution in [2.45, 2.75) is 11.4 Å². The smallest absolute Gasteiger partial charge is 0.240 e. The molecule has 5 nitrogen and oxygen atoms in total. The van der Waals surface area contributed by atoms with Crippen LogP contribution in [0, 0.1) is 11.6 Å². The van der Waals surface area contributed by atoms with Crippen LogP contribution in [-0.4, -0.2) is 18.0 Å². The quantitative estimate of drug-likeness (QED) is 0.735. The van der Waals surface area contributed by atoms with E-state index in [0.29, 0.717) is 11.3 Å². The molecule has 25 heavy (non-hydrogen) atoms. The highest BCUT2D eigenvalue weighted by Gasteiger charge is 2.16. The number of rotatable bonds is 5. The summed E-state index contributed by atoms with van der Waals surface area (Å²) in [6, 6.07) is 7.44. The molecule has 0 saturated heterocycles. The number of imidazole rings is 1. The molecule has 9 heteroatoms. The highest BCUT2D eigenvalue weighted by Crippen LogP contribution is 2.20. The lowest BCUT2D eigenvalue weighted by Gasteiger charge is -2.09. The third-order valence-corrected chi connectivity index (χ3v) is 5.15. The Kier molecular flexibility index (Phi) is 4.85. The molecule has 0 amide bonds. The summed E-state index contributed by atoms with van der Waals surface area (Å²) in [6.45, 7) is -0.127. The molecule has 0 radical (unpaired) electrons. The molecular weight excluding hydrogens is 372 g/mol. The summed E-state index contributed by atoms with van der Waals surface area (Å²) in [5.74, 6) is -1.22. The number of hydrogen-bond acceptors (Lipinski definition) is 3. The van der Waals surface area contributed by atoms with E-state index in [0.717, 1.165) is 18.2 Å². The first-order chi connectivity index (χ1) is 11.9. The largest absolute Gasteiger partial charge is 0.303 e. The molecule has 1 heterocycles. The highest BCUT2D eigenvalue weighted by atomic mass is 35.5. The lowest BCUT2D eigenvalue weighted by Crippen LogP contribution is -2.23. The molecule has 0 saturated carbocycles. The first kappa shape index (κ1) is 17.5. The second kappa shape index (κ2) is 6.91. The molecule has 0 aliphatic rings. The summed E-state index contributed by atoms with van der Waals surface area (Å²) in [7, 11) is -3.90. The van der Waals surface area contributed by atoms with Gasteiger partial charge in [-0.2, -0.15) is 0 Å². The number of hydrogen-bond donors (Lipinski definition) is 1. The van der Waals surface area contributed by atoms with Gasteiger partial charge >= 0.3 is 0 Å². The summed E-state index contributed by atoms with van der Waals surface area (Å²) in [5.41, 5.74) is 0.729. The van der Waals surface area contributed by atoms with Gasteiger partial charge in [-0.1, -0.05) is 17.7 Å². The van der Waals surface area contributed by atoms with Gasteiger partial charge in [0, 0.05) is 18.9 Å². The molecule has 0 unspecified atom stereocenters.